The van der Waals surface area contributed by atoms with Crippen LogP contribution in [0.3, 0.4) is 0 Å². The number of hydrogen-bond acceptors (Lipinski definition) is 8. The highest BCUT2D eigenvalue weighted by molar-refractivity contribution is 7.91. The Labute approximate surface area is 121 Å². The minimum atomic E-state index is -3.81. The molecular weight excluding hydrogens is 318 g/mol. The van der Waals surface area contributed by atoms with E-state index in [1.807, 2.05) is 0 Å². The Kier molecular flexibility index (Phi) is 3.92. The molecule has 2 aromatic rings. The molecule has 21 heavy (non-hydrogen) atoms. The van der Waals surface area contributed by atoms with Crippen LogP contribution in [0.4, 0.5) is 0 Å². The van der Waals surface area contributed by atoms with Gasteiger partial charge >= 0.3 is 6.01 Å². The van der Waals surface area contributed by atoms with Gasteiger partial charge in [-0.25, -0.2) is 16.8 Å². The van der Waals surface area contributed by atoms with Crippen molar-refractivity contribution in [1.29, 1.82) is 0 Å². The van der Waals surface area contributed by atoms with Crippen molar-refractivity contribution in [3.63, 3.8) is 0 Å². The third-order valence-corrected chi connectivity index (χ3v) is 3.88. The maximum atomic E-state index is 11.5. The average Bonchev–Trinajstić information content (AvgIpc) is 2.37. The molecule has 0 atom stereocenters. The van der Waals surface area contributed by atoms with Crippen LogP contribution >= 0.6 is 0 Å². The van der Waals surface area contributed by atoms with E-state index in [0.29, 0.717) is 5.75 Å². The first-order valence-electron chi connectivity index (χ1n) is 5.55. The van der Waals surface area contributed by atoms with Crippen LogP contribution in [0.15, 0.2) is 40.6 Å². The summed E-state index contributed by atoms with van der Waals surface area (Å²) >= 11 is 0. The molecule has 0 saturated heterocycles. The van der Waals surface area contributed by atoms with Gasteiger partial charge in [0.05, 0.1) is 0 Å². The van der Waals surface area contributed by atoms with Gasteiger partial charge in [-0.05, 0) is 12.1 Å². The van der Waals surface area contributed by atoms with Gasteiger partial charge in [0.2, 0.25) is 19.7 Å². The van der Waals surface area contributed by atoms with Gasteiger partial charge in [0.1, 0.15) is 5.75 Å². The van der Waals surface area contributed by atoms with E-state index in [4.69, 9.17) is 4.74 Å². The number of hydrogen-bond donors (Lipinski definition) is 0. The van der Waals surface area contributed by atoms with Crippen molar-refractivity contribution in [2.45, 2.75) is 10.3 Å². The molecule has 2 rings (SSSR count). The molecule has 1 heterocycles. The largest absolute Gasteiger partial charge is 0.424 e. The fourth-order valence-corrected chi connectivity index (χ4v) is 2.34. The lowest BCUT2D eigenvalue weighted by molar-refractivity contribution is 0.419. The van der Waals surface area contributed by atoms with Crippen molar-refractivity contribution >= 4 is 19.7 Å². The second kappa shape index (κ2) is 5.37. The van der Waals surface area contributed by atoms with Crippen LogP contribution in [0.5, 0.6) is 11.8 Å². The summed E-state index contributed by atoms with van der Waals surface area (Å²) in [5.74, 6) is 0.336. The Morgan fingerprint density at radius 3 is 1.71 bits per heavy atom. The van der Waals surface area contributed by atoms with E-state index in [-0.39, 0.29) is 0 Å². The monoisotopic (exact) mass is 329 g/mol. The summed E-state index contributed by atoms with van der Waals surface area (Å²) in [6.07, 6.45) is 1.72. The maximum Gasteiger partial charge on any atom is 0.327 e. The van der Waals surface area contributed by atoms with E-state index in [0.717, 1.165) is 12.5 Å². The van der Waals surface area contributed by atoms with Crippen molar-refractivity contribution in [3.05, 3.63) is 30.3 Å². The van der Waals surface area contributed by atoms with E-state index in [2.05, 4.69) is 15.0 Å². The van der Waals surface area contributed by atoms with Gasteiger partial charge in [0.25, 0.3) is 10.3 Å². The lowest BCUT2D eigenvalue weighted by atomic mass is 10.3. The van der Waals surface area contributed by atoms with Crippen LogP contribution in [0.2, 0.25) is 0 Å². The van der Waals surface area contributed by atoms with Crippen molar-refractivity contribution in [3.8, 4) is 11.8 Å². The third-order valence-electron chi connectivity index (χ3n) is 2.19. The molecular formula is C11H11N3O5S2. The van der Waals surface area contributed by atoms with Crippen LogP contribution in [0.1, 0.15) is 0 Å². The zero-order valence-electron chi connectivity index (χ0n) is 11.1. The first-order valence-corrected chi connectivity index (χ1v) is 9.33. The third kappa shape index (κ3) is 3.95. The molecule has 0 radical (unpaired) electrons. The molecule has 1 aromatic heterocycles. The van der Waals surface area contributed by atoms with E-state index in [1.54, 1.807) is 30.3 Å². The molecule has 0 aliphatic carbocycles. The van der Waals surface area contributed by atoms with Gasteiger partial charge in [-0.3, -0.25) is 0 Å². The molecule has 0 spiro atoms. The first kappa shape index (κ1) is 15.3. The highest BCUT2D eigenvalue weighted by atomic mass is 32.2. The van der Waals surface area contributed by atoms with E-state index in [9.17, 15) is 16.8 Å². The summed E-state index contributed by atoms with van der Waals surface area (Å²) < 4.78 is 51.3. The summed E-state index contributed by atoms with van der Waals surface area (Å²) in [4.78, 5) is 10.7. The van der Waals surface area contributed by atoms with Crippen molar-refractivity contribution < 1.29 is 21.6 Å². The maximum absolute atomic E-state index is 11.5. The highest BCUT2D eigenvalue weighted by Crippen LogP contribution is 2.19. The number of aromatic nitrogens is 3. The van der Waals surface area contributed by atoms with Crippen LogP contribution in [0.25, 0.3) is 0 Å². The number of ether oxygens (including phenoxy) is 1. The minimum absolute atomic E-state index is 0.336. The Bertz CT molecular complexity index is 814. The van der Waals surface area contributed by atoms with Gasteiger partial charge in [-0.15, -0.1) is 0 Å². The van der Waals surface area contributed by atoms with Gasteiger partial charge in [-0.2, -0.15) is 15.0 Å². The molecule has 0 unspecified atom stereocenters. The van der Waals surface area contributed by atoms with E-state index < -0.39 is 36.0 Å². The fourth-order valence-electron chi connectivity index (χ4n) is 1.29. The predicted molar refractivity (Wildman–Crippen MR) is 72.6 cm³/mol. The topological polar surface area (TPSA) is 116 Å². The van der Waals surface area contributed by atoms with Crippen molar-refractivity contribution in [2.24, 2.45) is 0 Å². The highest BCUT2D eigenvalue weighted by Gasteiger charge is 2.21. The van der Waals surface area contributed by atoms with Gasteiger partial charge in [0, 0.05) is 12.5 Å². The van der Waals surface area contributed by atoms with Crippen LogP contribution < -0.4 is 4.74 Å². The molecule has 8 nitrogen and oxygen atoms in total. The van der Waals surface area contributed by atoms with Gasteiger partial charge in [0.15, 0.2) is 0 Å². The Balaban J connectivity index is 2.56. The second-order valence-corrected chi connectivity index (χ2v) is 7.96. The second-order valence-electron chi connectivity index (χ2n) is 4.14. The molecule has 112 valence electrons. The number of rotatable bonds is 4. The summed E-state index contributed by atoms with van der Waals surface area (Å²) in [5, 5.41) is -1.33. The predicted octanol–water partition coefficient (Wildman–Crippen LogP) is 0.471. The number of nitrogens with zero attached hydrogens (tertiary/aromatic N) is 3. The van der Waals surface area contributed by atoms with Crippen LogP contribution in [0, 0.1) is 0 Å². The number of benzene rings is 1. The summed E-state index contributed by atoms with van der Waals surface area (Å²) in [5.41, 5.74) is 0. The van der Waals surface area contributed by atoms with Gasteiger partial charge < -0.3 is 4.74 Å². The number of para-hydroxylation sites is 1. The minimum Gasteiger partial charge on any atom is -0.424 e. The smallest absolute Gasteiger partial charge is 0.327 e. The quantitative estimate of drug-likeness (QED) is 0.794. The molecule has 0 fully saturated rings. The molecule has 10 heteroatoms. The molecule has 0 aliphatic rings. The normalized spacial score (nSPS) is 12.1. The molecule has 0 saturated carbocycles. The molecule has 0 amide bonds. The molecule has 1 aromatic carbocycles. The zero-order chi connectivity index (χ0) is 15.7. The van der Waals surface area contributed by atoms with Crippen molar-refractivity contribution in [1.82, 2.24) is 15.0 Å². The Hall–Kier alpha value is -2.07. The van der Waals surface area contributed by atoms with Crippen molar-refractivity contribution in [2.75, 3.05) is 12.5 Å². The Morgan fingerprint density at radius 2 is 1.29 bits per heavy atom. The lowest BCUT2D eigenvalue weighted by Gasteiger charge is -2.06. The Morgan fingerprint density at radius 1 is 0.810 bits per heavy atom. The standard InChI is InChI=1S/C11H11N3O5S2/c1-20(15,16)10-12-9(13-11(14-10)21(2,17)18)19-8-6-4-3-5-7-8/h3-7H,1-2H3. The summed E-state index contributed by atoms with van der Waals surface area (Å²) in [6.45, 7) is 0. The molecule has 0 N–H and O–H groups in total. The summed E-state index contributed by atoms with van der Waals surface area (Å²) in [6, 6.07) is 7.90. The van der Waals surface area contributed by atoms with E-state index in [1.165, 1.54) is 0 Å². The number of sulfone groups is 2. The summed E-state index contributed by atoms with van der Waals surface area (Å²) in [7, 11) is -7.61. The SMILES string of the molecule is CS(=O)(=O)c1nc(Oc2ccccc2)nc(S(C)(=O)=O)n1. The fraction of sp³-hybridized carbons (Fsp3) is 0.182. The zero-order valence-corrected chi connectivity index (χ0v) is 12.7. The van der Waals surface area contributed by atoms with Gasteiger partial charge in [-0.1, -0.05) is 18.2 Å². The van der Waals surface area contributed by atoms with Crippen LogP contribution in [-0.4, -0.2) is 44.3 Å². The molecule has 0 aliphatic heterocycles. The molecule has 0 bridgehead atoms. The first-order chi connectivity index (χ1) is 9.66. The van der Waals surface area contributed by atoms with E-state index >= 15 is 0 Å². The van der Waals surface area contributed by atoms with Crippen LogP contribution in [-0.2, 0) is 19.7 Å². The average molecular weight is 329 g/mol. The lowest BCUT2D eigenvalue weighted by Crippen LogP contribution is -2.12.